The maximum Gasteiger partial charge on any atom is 0.254 e. The summed E-state index contributed by atoms with van der Waals surface area (Å²) < 4.78 is 0. The zero-order valence-corrected chi connectivity index (χ0v) is 10.5. The van der Waals surface area contributed by atoms with Gasteiger partial charge >= 0.3 is 0 Å². The lowest BCUT2D eigenvalue weighted by Gasteiger charge is -2.06. The van der Waals surface area contributed by atoms with Crippen molar-refractivity contribution in [3.63, 3.8) is 0 Å². The van der Waals surface area contributed by atoms with E-state index in [9.17, 15) is 9.59 Å². The third-order valence-electron chi connectivity index (χ3n) is 2.24. The van der Waals surface area contributed by atoms with Crippen molar-refractivity contribution in [3.05, 3.63) is 23.0 Å². The largest absolute Gasteiger partial charge is 0.397 e. The van der Waals surface area contributed by atoms with Crippen molar-refractivity contribution < 1.29 is 9.59 Å². The Bertz CT molecular complexity index is 451. The number of primary amides is 1. The van der Waals surface area contributed by atoms with Gasteiger partial charge in [-0.25, -0.2) is 4.98 Å². The molecule has 0 atom stereocenters. The van der Waals surface area contributed by atoms with Crippen LogP contribution in [0.25, 0.3) is 0 Å². The summed E-state index contributed by atoms with van der Waals surface area (Å²) in [6.07, 6.45) is 3.00. The van der Waals surface area contributed by atoms with Crippen molar-refractivity contribution in [1.29, 1.82) is 0 Å². The quantitative estimate of drug-likeness (QED) is 0.522. The standard InChI is InChI=1S/C11H15ClN4O2/c12-10-8(5-7(13)6-16-10)11(18)15-4-2-1-3-9(14)17/h5-6H,1-4,13H2,(H2,14,17)(H,15,18). The summed E-state index contributed by atoms with van der Waals surface area (Å²) in [4.78, 5) is 26.0. The highest BCUT2D eigenvalue weighted by atomic mass is 35.5. The average molecular weight is 271 g/mol. The van der Waals surface area contributed by atoms with Gasteiger partial charge in [0, 0.05) is 13.0 Å². The minimum absolute atomic E-state index is 0.110. The van der Waals surface area contributed by atoms with Crippen molar-refractivity contribution >= 4 is 29.1 Å². The number of nitrogens with zero attached hydrogens (tertiary/aromatic N) is 1. The van der Waals surface area contributed by atoms with E-state index in [-0.39, 0.29) is 22.5 Å². The first kappa shape index (κ1) is 14.2. The molecular formula is C11H15ClN4O2. The molecule has 1 rings (SSSR count). The fourth-order valence-electron chi connectivity index (χ4n) is 1.34. The lowest BCUT2D eigenvalue weighted by molar-refractivity contribution is -0.118. The highest BCUT2D eigenvalue weighted by molar-refractivity contribution is 6.32. The Morgan fingerprint density at radius 3 is 2.78 bits per heavy atom. The number of carbonyl (C=O) groups is 2. The fourth-order valence-corrected chi connectivity index (χ4v) is 1.53. The molecule has 0 spiro atoms. The van der Waals surface area contributed by atoms with Crippen LogP contribution in [-0.2, 0) is 4.79 Å². The van der Waals surface area contributed by atoms with Crippen LogP contribution >= 0.6 is 11.6 Å². The van der Waals surface area contributed by atoms with Gasteiger partial charge in [0.1, 0.15) is 5.15 Å². The van der Waals surface area contributed by atoms with Gasteiger partial charge in [-0.3, -0.25) is 9.59 Å². The summed E-state index contributed by atoms with van der Waals surface area (Å²) in [5, 5.41) is 2.78. The molecule has 0 fully saturated rings. The number of hydrogen-bond acceptors (Lipinski definition) is 4. The van der Waals surface area contributed by atoms with Crippen LogP contribution in [0.15, 0.2) is 12.3 Å². The predicted octanol–water partition coefficient (Wildman–Crippen LogP) is 0.703. The molecule has 1 aromatic heterocycles. The molecule has 0 aromatic carbocycles. The Labute approximate surface area is 110 Å². The number of pyridine rings is 1. The van der Waals surface area contributed by atoms with Crippen molar-refractivity contribution in [2.75, 3.05) is 12.3 Å². The number of anilines is 1. The maximum atomic E-state index is 11.7. The molecule has 0 bridgehead atoms. The normalized spacial score (nSPS) is 10.1. The molecular weight excluding hydrogens is 256 g/mol. The number of aromatic nitrogens is 1. The number of nitrogen functional groups attached to an aromatic ring is 1. The molecule has 7 heteroatoms. The molecule has 1 heterocycles. The van der Waals surface area contributed by atoms with Gasteiger partial charge in [-0.1, -0.05) is 11.6 Å². The van der Waals surface area contributed by atoms with Gasteiger partial charge in [0.2, 0.25) is 5.91 Å². The Morgan fingerprint density at radius 1 is 1.39 bits per heavy atom. The third-order valence-corrected chi connectivity index (χ3v) is 2.54. The summed E-state index contributed by atoms with van der Waals surface area (Å²) in [6, 6.07) is 1.47. The number of hydrogen-bond donors (Lipinski definition) is 3. The van der Waals surface area contributed by atoms with Crippen LogP contribution in [0.1, 0.15) is 29.6 Å². The molecule has 6 nitrogen and oxygen atoms in total. The lowest BCUT2D eigenvalue weighted by atomic mass is 10.2. The minimum atomic E-state index is -0.343. The second-order valence-corrected chi connectivity index (χ2v) is 4.14. The summed E-state index contributed by atoms with van der Waals surface area (Å²) in [5.41, 5.74) is 11.1. The second-order valence-electron chi connectivity index (χ2n) is 3.79. The Balaban J connectivity index is 2.41. The Morgan fingerprint density at radius 2 is 2.11 bits per heavy atom. The Kier molecular flexibility index (Phi) is 5.38. The first-order chi connectivity index (χ1) is 8.50. The fraction of sp³-hybridized carbons (Fsp3) is 0.364. The van der Waals surface area contributed by atoms with Crippen molar-refractivity contribution in [3.8, 4) is 0 Å². The van der Waals surface area contributed by atoms with E-state index >= 15 is 0 Å². The summed E-state index contributed by atoms with van der Waals surface area (Å²) in [6.45, 7) is 0.442. The molecule has 98 valence electrons. The highest BCUT2D eigenvalue weighted by Crippen LogP contribution is 2.15. The van der Waals surface area contributed by atoms with Crippen molar-refractivity contribution in [1.82, 2.24) is 10.3 Å². The van der Waals surface area contributed by atoms with Crippen LogP contribution in [-0.4, -0.2) is 23.3 Å². The first-order valence-electron chi connectivity index (χ1n) is 5.48. The van der Waals surface area contributed by atoms with Gasteiger partial charge in [0.05, 0.1) is 17.4 Å². The minimum Gasteiger partial charge on any atom is -0.397 e. The number of rotatable bonds is 6. The number of nitrogens with one attached hydrogen (secondary N) is 1. The molecule has 5 N–H and O–H groups in total. The van der Waals surface area contributed by atoms with E-state index in [4.69, 9.17) is 23.1 Å². The SMILES string of the molecule is NC(=O)CCCCNC(=O)c1cc(N)cnc1Cl. The predicted molar refractivity (Wildman–Crippen MR) is 69.0 cm³/mol. The van der Waals surface area contributed by atoms with Crippen LogP contribution in [0.4, 0.5) is 5.69 Å². The van der Waals surface area contributed by atoms with Crippen molar-refractivity contribution in [2.24, 2.45) is 5.73 Å². The van der Waals surface area contributed by atoms with Gasteiger partial charge in [-0.05, 0) is 18.9 Å². The van der Waals surface area contributed by atoms with E-state index in [0.717, 1.165) is 0 Å². The van der Waals surface area contributed by atoms with E-state index in [1.54, 1.807) is 0 Å². The molecule has 18 heavy (non-hydrogen) atoms. The molecule has 0 unspecified atom stereocenters. The van der Waals surface area contributed by atoms with Crippen molar-refractivity contribution in [2.45, 2.75) is 19.3 Å². The van der Waals surface area contributed by atoms with Crippen LogP contribution < -0.4 is 16.8 Å². The molecule has 0 aliphatic carbocycles. The summed E-state index contributed by atoms with van der Waals surface area (Å²) >= 11 is 5.78. The summed E-state index contributed by atoms with van der Waals surface area (Å²) in [7, 11) is 0. The zero-order valence-electron chi connectivity index (χ0n) is 9.78. The molecule has 2 amide bonds. The number of carbonyl (C=O) groups excluding carboxylic acids is 2. The summed E-state index contributed by atoms with van der Waals surface area (Å²) in [5.74, 6) is -0.678. The molecule has 0 saturated heterocycles. The number of amides is 2. The topological polar surface area (TPSA) is 111 Å². The zero-order chi connectivity index (χ0) is 13.5. The van der Waals surface area contributed by atoms with Crippen LogP contribution in [0, 0.1) is 0 Å². The third kappa shape index (κ3) is 4.58. The van der Waals surface area contributed by atoms with Crippen LogP contribution in [0.5, 0.6) is 0 Å². The smallest absolute Gasteiger partial charge is 0.254 e. The number of nitrogens with two attached hydrogens (primary N) is 2. The highest BCUT2D eigenvalue weighted by Gasteiger charge is 2.11. The van der Waals surface area contributed by atoms with E-state index in [2.05, 4.69) is 10.3 Å². The average Bonchev–Trinajstić information content (AvgIpc) is 2.31. The van der Waals surface area contributed by atoms with E-state index in [1.165, 1.54) is 12.3 Å². The van der Waals surface area contributed by atoms with Gasteiger partial charge < -0.3 is 16.8 Å². The molecule has 0 aliphatic rings. The van der Waals surface area contributed by atoms with E-state index < -0.39 is 0 Å². The lowest BCUT2D eigenvalue weighted by Crippen LogP contribution is -2.25. The van der Waals surface area contributed by atoms with E-state index in [1.807, 2.05) is 0 Å². The Hall–Kier alpha value is -1.82. The van der Waals surface area contributed by atoms with Crippen LogP contribution in [0.2, 0.25) is 5.15 Å². The monoisotopic (exact) mass is 270 g/mol. The number of halogens is 1. The van der Waals surface area contributed by atoms with Gasteiger partial charge in [-0.15, -0.1) is 0 Å². The van der Waals surface area contributed by atoms with E-state index in [0.29, 0.717) is 31.5 Å². The van der Waals surface area contributed by atoms with Gasteiger partial charge in [0.15, 0.2) is 0 Å². The number of unbranched alkanes of at least 4 members (excludes halogenated alkanes) is 1. The molecule has 0 radical (unpaired) electrons. The molecule has 1 aromatic rings. The second kappa shape index (κ2) is 6.80. The molecule has 0 aliphatic heterocycles. The van der Waals surface area contributed by atoms with Gasteiger partial charge in [-0.2, -0.15) is 0 Å². The molecule has 0 saturated carbocycles. The van der Waals surface area contributed by atoms with Crippen LogP contribution in [0.3, 0.4) is 0 Å². The first-order valence-corrected chi connectivity index (χ1v) is 5.86. The maximum absolute atomic E-state index is 11.7. The van der Waals surface area contributed by atoms with Gasteiger partial charge in [0.25, 0.3) is 5.91 Å².